The number of carbonyl (C=O) groups is 1. The highest BCUT2D eigenvalue weighted by atomic mass is 16.5. The maximum atomic E-state index is 11.9. The maximum absolute atomic E-state index is 11.9. The molecule has 0 unspecified atom stereocenters. The summed E-state index contributed by atoms with van der Waals surface area (Å²) in [5.74, 6) is 0.164. The predicted octanol–water partition coefficient (Wildman–Crippen LogP) is 2.25. The summed E-state index contributed by atoms with van der Waals surface area (Å²) in [5, 5.41) is 12.5. The summed E-state index contributed by atoms with van der Waals surface area (Å²) < 4.78 is 4.95. The van der Waals surface area contributed by atoms with Gasteiger partial charge in [0.15, 0.2) is 11.5 Å². The van der Waals surface area contributed by atoms with E-state index in [0.717, 1.165) is 19.4 Å². The molecule has 0 aliphatic rings. The average molecular weight is 294 g/mol. The van der Waals surface area contributed by atoms with Gasteiger partial charge >= 0.3 is 0 Å². The van der Waals surface area contributed by atoms with Crippen LogP contribution in [0, 0.1) is 0 Å². The number of nitrogens with zero attached hydrogens (tertiary/aromatic N) is 1. The van der Waals surface area contributed by atoms with Crippen LogP contribution >= 0.6 is 0 Å². The third kappa shape index (κ3) is 5.63. The van der Waals surface area contributed by atoms with Crippen LogP contribution in [0.5, 0.6) is 11.5 Å². The fraction of sp³-hybridized carbons (Fsp3) is 0.562. The van der Waals surface area contributed by atoms with Gasteiger partial charge in [0.1, 0.15) is 0 Å². The summed E-state index contributed by atoms with van der Waals surface area (Å²) in [4.78, 5) is 14.2. The topological polar surface area (TPSA) is 61.8 Å². The number of amides is 1. The van der Waals surface area contributed by atoms with E-state index in [0.29, 0.717) is 23.9 Å². The van der Waals surface area contributed by atoms with Crippen LogP contribution in [0.15, 0.2) is 18.2 Å². The van der Waals surface area contributed by atoms with Gasteiger partial charge in [-0.1, -0.05) is 0 Å². The Labute approximate surface area is 126 Å². The molecule has 0 fully saturated rings. The van der Waals surface area contributed by atoms with Crippen molar-refractivity contribution in [2.45, 2.75) is 32.7 Å². The van der Waals surface area contributed by atoms with E-state index in [1.54, 1.807) is 12.1 Å². The SMILES string of the molecule is COc1ccc(C(=O)NCCCCN(C)C(C)C)cc1O. The number of benzene rings is 1. The first kappa shape index (κ1) is 17.3. The van der Waals surface area contributed by atoms with Crippen LogP contribution in [0.1, 0.15) is 37.0 Å². The summed E-state index contributed by atoms with van der Waals surface area (Å²) in [7, 11) is 3.58. The second-order valence-electron chi connectivity index (χ2n) is 5.42. The van der Waals surface area contributed by atoms with Gasteiger partial charge in [-0.25, -0.2) is 0 Å². The minimum atomic E-state index is -0.176. The molecule has 2 N–H and O–H groups in total. The van der Waals surface area contributed by atoms with E-state index in [2.05, 4.69) is 31.1 Å². The van der Waals surface area contributed by atoms with Crippen LogP contribution in [0.25, 0.3) is 0 Å². The van der Waals surface area contributed by atoms with E-state index in [4.69, 9.17) is 4.74 Å². The zero-order chi connectivity index (χ0) is 15.8. The molecule has 0 aromatic heterocycles. The van der Waals surface area contributed by atoms with Crippen molar-refractivity contribution < 1.29 is 14.6 Å². The van der Waals surface area contributed by atoms with Crippen molar-refractivity contribution in [3.8, 4) is 11.5 Å². The van der Waals surface area contributed by atoms with Crippen molar-refractivity contribution in [1.29, 1.82) is 0 Å². The molecule has 0 spiro atoms. The van der Waals surface area contributed by atoms with Crippen molar-refractivity contribution in [3.05, 3.63) is 23.8 Å². The molecule has 0 aliphatic heterocycles. The molecule has 1 amide bonds. The Morgan fingerprint density at radius 3 is 2.67 bits per heavy atom. The third-order valence-corrected chi connectivity index (χ3v) is 3.55. The van der Waals surface area contributed by atoms with Gasteiger partial charge in [-0.3, -0.25) is 4.79 Å². The molecule has 0 heterocycles. The molecule has 0 saturated carbocycles. The molecular weight excluding hydrogens is 268 g/mol. The lowest BCUT2D eigenvalue weighted by molar-refractivity contribution is 0.0952. The Morgan fingerprint density at radius 2 is 2.10 bits per heavy atom. The molecule has 0 aliphatic carbocycles. The first-order valence-corrected chi connectivity index (χ1v) is 7.31. The predicted molar refractivity (Wildman–Crippen MR) is 84.0 cm³/mol. The smallest absolute Gasteiger partial charge is 0.251 e. The van der Waals surface area contributed by atoms with Crippen LogP contribution in [0.3, 0.4) is 0 Å². The van der Waals surface area contributed by atoms with Crippen LogP contribution in [-0.4, -0.2) is 49.2 Å². The Morgan fingerprint density at radius 1 is 1.38 bits per heavy atom. The molecule has 0 radical (unpaired) electrons. The molecular formula is C16H26N2O3. The van der Waals surface area contributed by atoms with Crippen molar-refractivity contribution in [2.75, 3.05) is 27.2 Å². The van der Waals surface area contributed by atoms with E-state index in [1.165, 1.54) is 13.2 Å². The van der Waals surface area contributed by atoms with Crippen LogP contribution in [-0.2, 0) is 0 Å². The van der Waals surface area contributed by atoms with Gasteiger partial charge in [-0.15, -0.1) is 0 Å². The zero-order valence-electron chi connectivity index (χ0n) is 13.3. The number of rotatable bonds is 8. The van der Waals surface area contributed by atoms with E-state index in [9.17, 15) is 9.90 Å². The fourth-order valence-corrected chi connectivity index (χ4v) is 1.88. The van der Waals surface area contributed by atoms with Gasteiger partial charge < -0.3 is 20.1 Å². The molecule has 1 aromatic rings. The summed E-state index contributed by atoms with van der Waals surface area (Å²) in [6.07, 6.45) is 1.98. The lowest BCUT2D eigenvalue weighted by atomic mass is 10.2. The number of nitrogens with one attached hydrogen (secondary N) is 1. The number of unbranched alkanes of at least 4 members (excludes halogenated alkanes) is 1. The van der Waals surface area contributed by atoms with Gasteiger partial charge in [0.2, 0.25) is 0 Å². The maximum Gasteiger partial charge on any atom is 0.251 e. The summed E-state index contributed by atoms with van der Waals surface area (Å²) in [6.45, 7) is 5.99. The van der Waals surface area contributed by atoms with Crippen molar-refractivity contribution in [3.63, 3.8) is 0 Å². The number of methoxy groups -OCH3 is 1. The number of ether oxygens (including phenoxy) is 1. The Bertz CT molecular complexity index is 461. The molecule has 0 bridgehead atoms. The number of aromatic hydroxyl groups is 1. The van der Waals surface area contributed by atoms with Gasteiger partial charge in [-0.2, -0.15) is 0 Å². The minimum Gasteiger partial charge on any atom is -0.504 e. The van der Waals surface area contributed by atoms with Gasteiger partial charge in [0.25, 0.3) is 5.91 Å². The van der Waals surface area contributed by atoms with E-state index >= 15 is 0 Å². The Balaban J connectivity index is 2.33. The van der Waals surface area contributed by atoms with Gasteiger partial charge in [0.05, 0.1) is 7.11 Å². The molecule has 118 valence electrons. The second-order valence-corrected chi connectivity index (χ2v) is 5.42. The van der Waals surface area contributed by atoms with Crippen molar-refractivity contribution in [2.24, 2.45) is 0 Å². The summed E-state index contributed by atoms with van der Waals surface area (Å²) in [6, 6.07) is 5.19. The Hall–Kier alpha value is -1.75. The fourth-order valence-electron chi connectivity index (χ4n) is 1.88. The third-order valence-electron chi connectivity index (χ3n) is 3.55. The Kier molecular flexibility index (Phi) is 7.02. The summed E-state index contributed by atoms with van der Waals surface area (Å²) >= 11 is 0. The number of hydrogen-bond donors (Lipinski definition) is 2. The highest BCUT2D eigenvalue weighted by Crippen LogP contribution is 2.26. The second kappa shape index (κ2) is 8.52. The zero-order valence-corrected chi connectivity index (χ0v) is 13.3. The quantitative estimate of drug-likeness (QED) is 0.722. The van der Waals surface area contributed by atoms with E-state index in [-0.39, 0.29) is 11.7 Å². The normalized spacial score (nSPS) is 11.0. The van der Waals surface area contributed by atoms with E-state index < -0.39 is 0 Å². The van der Waals surface area contributed by atoms with Crippen LogP contribution in [0.2, 0.25) is 0 Å². The minimum absolute atomic E-state index is 0.0243. The molecule has 0 atom stereocenters. The van der Waals surface area contributed by atoms with Crippen LogP contribution < -0.4 is 10.1 Å². The van der Waals surface area contributed by atoms with E-state index in [1.807, 2.05) is 0 Å². The molecule has 5 nitrogen and oxygen atoms in total. The number of phenols is 1. The first-order valence-electron chi connectivity index (χ1n) is 7.31. The summed E-state index contributed by atoms with van der Waals surface area (Å²) in [5.41, 5.74) is 0.438. The largest absolute Gasteiger partial charge is 0.504 e. The van der Waals surface area contributed by atoms with Crippen molar-refractivity contribution in [1.82, 2.24) is 10.2 Å². The number of phenolic OH excluding ortho intramolecular Hbond substituents is 1. The number of carbonyl (C=O) groups excluding carboxylic acids is 1. The molecule has 1 rings (SSSR count). The number of hydrogen-bond acceptors (Lipinski definition) is 4. The van der Waals surface area contributed by atoms with Gasteiger partial charge in [0, 0.05) is 18.2 Å². The lowest BCUT2D eigenvalue weighted by Gasteiger charge is -2.20. The molecule has 21 heavy (non-hydrogen) atoms. The van der Waals surface area contributed by atoms with Crippen molar-refractivity contribution >= 4 is 5.91 Å². The van der Waals surface area contributed by atoms with Gasteiger partial charge in [-0.05, 0) is 58.5 Å². The standard InChI is InChI=1S/C16H26N2O3/c1-12(2)18(3)10-6-5-9-17-16(20)13-7-8-15(21-4)14(19)11-13/h7-8,11-12,19H,5-6,9-10H2,1-4H3,(H,17,20). The lowest BCUT2D eigenvalue weighted by Crippen LogP contribution is -2.29. The average Bonchev–Trinajstić information content (AvgIpc) is 2.46. The highest BCUT2D eigenvalue weighted by molar-refractivity contribution is 5.94. The monoisotopic (exact) mass is 294 g/mol. The highest BCUT2D eigenvalue weighted by Gasteiger charge is 2.09. The molecule has 0 saturated heterocycles. The van der Waals surface area contributed by atoms with Crippen LogP contribution in [0.4, 0.5) is 0 Å². The first-order chi connectivity index (χ1) is 9.95. The molecule has 5 heteroatoms. The molecule has 1 aromatic carbocycles.